The first-order valence-electron chi connectivity index (χ1n) is 12.9. The van der Waals surface area contributed by atoms with Gasteiger partial charge in [0.2, 0.25) is 11.8 Å². The average molecular weight is 536 g/mol. The number of nitrogens with zero attached hydrogens (tertiary/aromatic N) is 2. The summed E-state index contributed by atoms with van der Waals surface area (Å²) in [6, 6.07) is 22.0. The van der Waals surface area contributed by atoms with Crippen LogP contribution < -0.4 is 9.62 Å². The van der Waals surface area contributed by atoms with E-state index in [1.807, 2.05) is 64.1 Å². The van der Waals surface area contributed by atoms with E-state index in [2.05, 4.69) is 5.32 Å². The number of hydrogen-bond acceptors (Lipinski definition) is 4. The van der Waals surface area contributed by atoms with E-state index < -0.39 is 28.5 Å². The fourth-order valence-electron chi connectivity index (χ4n) is 4.22. The number of aryl methyl sites for hydroxylation is 2. The Morgan fingerprint density at radius 1 is 0.868 bits per heavy atom. The van der Waals surface area contributed by atoms with Gasteiger partial charge >= 0.3 is 0 Å². The highest BCUT2D eigenvalue weighted by atomic mass is 32.2. The summed E-state index contributed by atoms with van der Waals surface area (Å²) in [6.45, 7) is 7.93. The van der Waals surface area contributed by atoms with Crippen LogP contribution in [-0.4, -0.2) is 44.3 Å². The largest absolute Gasteiger partial charge is 0.354 e. The molecule has 0 radical (unpaired) electrons. The summed E-state index contributed by atoms with van der Waals surface area (Å²) in [5.74, 6) is -0.698. The first-order chi connectivity index (χ1) is 18.2. The predicted molar refractivity (Wildman–Crippen MR) is 151 cm³/mol. The lowest BCUT2D eigenvalue weighted by molar-refractivity contribution is -0.140. The van der Waals surface area contributed by atoms with Gasteiger partial charge in [-0.05, 0) is 62.1 Å². The maximum Gasteiger partial charge on any atom is 0.264 e. The minimum Gasteiger partial charge on any atom is -0.354 e. The average Bonchev–Trinajstić information content (AvgIpc) is 2.92. The number of sulfonamides is 1. The van der Waals surface area contributed by atoms with Crippen LogP contribution in [0.25, 0.3) is 0 Å². The molecule has 7 nitrogen and oxygen atoms in total. The van der Waals surface area contributed by atoms with Crippen molar-refractivity contribution in [3.8, 4) is 0 Å². The predicted octanol–water partition coefficient (Wildman–Crippen LogP) is 4.83. The quantitative estimate of drug-likeness (QED) is 0.360. The maximum atomic E-state index is 14.0. The molecule has 0 bridgehead atoms. The molecule has 3 aromatic carbocycles. The molecule has 0 aliphatic carbocycles. The van der Waals surface area contributed by atoms with Gasteiger partial charge in [0.1, 0.15) is 12.6 Å². The van der Waals surface area contributed by atoms with Gasteiger partial charge in [-0.1, -0.05) is 74.0 Å². The van der Waals surface area contributed by atoms with Crippen LogP contribution in [0.5, 0.6) is 0 Å². The second-order valence-electron chi connectivity index (χ2n) is 9.32. The van der Waals surface area contributed by atoms with E-state index in [9.17, 15) is 18.0 Å². The monoisotopic (exact) mass is 535 g/mol. The van der Waals surface area contributed by atoms with E-state index in [4.69, 9.17) is 0 Å². The highest BCUT2D eigenvalue weighted by molar-refractivity contribution is 7.92. The Kier molecular flexibility index (Phi) is 10.1. The molecule has 1 N–H and O–H groups in total. The number of benzene rings is 3. The molecule has 3 aromatic rings. The second kappa shape index (κ2) is 13.2. The van der Waals surface area contributed by atoms with E-state index in [-0.39, 0.29) is 17.3 Å². The Hall–Kier alpha value is -3.65. The molecule has 38 heavy (non-hydrogen) atoms. The summed E-state index contributed by atoms with van der Waals surface area (Å²) in [5, 5.41) is 2.90. The molecular weight excluding hydrogens is 498 g/mol. The van der Waals surface area contributed by atoms with Gasteiger partial charge in [-0.2, -0.15) is 0 Å². The molecule has 0 spiro atoms. The Bertz CT molecular complexity index is 1330. The van der Waals surface area contributed by atoms with Crippen LogP contribution in [0.4, 0.5) is 5.69 Å². The van der Waals surface area contributed by atoms with Gasteiger partial charge in [-0.3, -0.25) is 13.9 Å². The van der Waals surface area contributed by atoms with Gasteiger partial charge < -0.3 is 10.2 Å². The van der Waals surface area contributed by atoms with E-state index >= 15 is 0 Å². The smallest absolute Gasteiger partial charge is 0.264 e. The fraction of sp³-hybridized carbons (Fsp3) is 0.333. The van der Waals surface area contributed by atoms with Crippen LogP contribution in [0.1, 0.15) is 43.4 Å². The van der Waals surface area contributed by atoms with Crippen LogP contribution in [0.15, 0.2) is 83.8 Å². The molecular formula is C30H37N3O4S. The molecule has 202 valence electrons. The van der Waals surface area contributed by atoms with Crippen molar-refractivity contribution in [1.29, 1.82) is 0 Å². The molecule has 0 heterocycles. The molecule has 0 aromatic heterocycles. The molecule has 0 aliphatic rings. The van der Waals surface area contributed by atoms with Crippen molar-refractivity contribution in [3.63, 3.8) is 0 Å². The lowest BCUT2D eigenvalue weighted by Crippen LogP contribution is -2.52. The molecule has 1 unspecified atom stereocenters. The zero-order valence-corrected chi connectivity index (χ0v) is 23.4. The second-order valence-corrected chi connectivity index (χ2v) is 11.2. The summed E-state index contributed by atoms with van der Waals surface area (Å²) in [4.78, 5) is 28.7. The van der Waals surface area contributed by atoms with Crippen LogP contribution in [-0.2, 0) is 26.2 Å². The van der Waals surface area contributed by atoms with Gasteiger partial charge in [-0.25, -0.2) is 8.42 Å². The first-order valence-corrected chi connectivity index (χ1v) is 14.4. The Morgan fingerprint density at radius 3 is 2.11 bits per heavy atom. The third kappa shape index (κ3) is 7.01. The summed E-state index contributed by atoms with van der Waals surface area (Å²) in [7, 11) is -4.06. The van der Waals surface area contributed by atoms with Crippen molar-refractivity contribution < 1.29 is 18.0 Å². The molecule has 0 aliphatic heterocycles. The van der Waals surface area contributed by atoms with Crippen molar-refractivity contribution in [2.45, 2.75) is 58.0 Å². The normalized spacial score (nSPS) is 12.0. The van der Waals surface area contributed by atoms with Gasteiger partial charge in [0.05, 0.1) is 10.6 Å². The van der Waals surface area contributed by atoms with Crippen molar-refractivity contribution >= 4 is 27.5 Å². The van der Waals surface area contributed by atoms with E-state index in [1.54, 1.807) is 30.3 Å². The molecule has 8 heteroatoms. The van der Waals surface area contributed by atoms with E-state index in [0.29, 0.717) is 18.7 Å². The third-order valence-corrected chi connectivity index (χ3v) is 8.26. The van der Waals surface area contributed by atoms with Gasteiger partial charge in [0.15, 0.2) is 0 Å². The van der Waals surface area contributed by atoms with Crippen LogP contribution in [0, 0.1) is 13.8 Å². The van der Waals surface area contributed by atoms with Crippen molar-refractivity contribution in [3.05, 3.63) is 95.6 Å². The highest BCUT2D eigenvalue weighted by Crippen LogP contribution is 2.25. The molecule has 0 saturated heterocycles. The number of carbonyl (C=O) groups is 2. The number of rotatable bonds is 12. The van der Waals surface area contributed by atoms with Crippen molar-refractivity contribution in [1.82, 2.24) is 10.2 Å². The van der Waals surface area contributed by atoms with Crippen molar-refractivity contribution in [2.24, 2.45) is 0 Å². The topological polar surface area (TPSA) is 86.8 Å². The number of amides is 2. The Morgan fingerprint density at radius 2 is 1.50 bits per heavy atom. The highest BCUT2D eigenvalue weighted by Gasteiger charge is 2.33. The molecule has 1 atom stereocenters. The number of hydrogen-bond donors (Lipinski definition) is 1. The molecule has 0 saturated carbocycles. The third-order valence-electron chi connectivity index (χ3n) is 6.47. The lowest BCUT2D eigenvalue weighted by Gasteiger charge is -2.33. The zero-order valence-electron chi connectivity index (χ0n) is 22.6. The zero-order chi connectivity index (χ0) is 27.7. The van der Waals surface area contributed by atoms with Crippen molar-refractivity contribution in [2.75, 3.05) is 17.4 Å². The van der Waals surface area contributed by atoms with Gasteiger partial charge in [-0.15, -0.1) is 0 Å². The number of nitrogens with one attached hydrogen (secondary N) is 1. The van der Waals surface area contributed by atoms with E-state index in [1.165, 1.54) is 17.0 Å². The number of anilines is 1. The molecule has 3 rings (SSSR count). The summed E-state index contributed by atoms with van der Waals surface area (Å²) in [5.41, 5.74) is 3.24. The first kappa shape index (κ1) is 28.9. The maximum absolute atomic E-state index is 14.0. The minimum atomic E-state index is -4.06. The van der Waals surface area contributed by atoms with Crippen LogP contribution in [0.2, 0.25) is 0 Å². The van der Waals surface area contributed by atoms with Crippen LogP contribution in [0.3, 0.4) is 0 Å². The summed E-state index contributed by atoms with van der Waals surface area (Å²) >= 11 is 0. The van der Waals surface area contributed by atoms with E-state index in [0.717, 1.165) is 27.4 Å². The molecule has 0 fully saturated rings. The van der Waals surface area contributed by atoms with Crippen LogP contribution >= 0.6 is 0 Å². The minimum absolute atomic E-state index is 0.0894. The van der Waals surface area contributed by atoms with Gasteiger partial charge in [0, 0.05) is 13.1 Å². The Labute approximate surface area is 226 Å². The summed E-state index contributed by atoms with van der Waals surface area (Å²) in [6.07, 6.45) is 1.16. The fourth-order valence-corrected chi connectivity index (χ4v) is 5.65. The Balaban J connectivity index is 2.04. The van der Waals surface area contributed by atoms with Gasteiger partial charge in [0.25, 0.3) is 10.0 Å². The number of carbonyl (C=O) groups excluding carboxylic acids is 2. The lowest BCUT2D eigenvalue weighted by atomic mass is 10.1. The molecule has 2 amide bonds. The summed E-state index contributed by atoms with van der Waals surface area (Å²) < 4.78 is 28.7. The standard InChI is InChI=1S/C30H37N3O4S/c1-5-20-31-30(35)28(6-2)32(21-25-13-11-10-12-24(25)4)29(34)22-33(26-18-16-23(3)17-19-26)38(36,37)27-14-8-7-9-15-27/h7-19,28H,5-6,20-22H2,1-4H3,(H,31,35). The SMILES string of the molecule is CCCNC(=O)C(CC)N(Cc1ccccc1C)C(=O)CN(c1ccc(C)cc1)S(=O)(=O)c1ccccc1.